The zero-order valence-electron chi connectivity index (χ0n) is 17.9. The Labute approximate surface area is 187 Å². The fraction of sp³-hybridized carbons (Fsp3) is 0.565. The average molecular weight is 454 g/mol. The van der Waals surface area contributed by atoms with Crippen LogP contribution in [0.25, 0.3) is 0 Å². The normalized spacial score (nSPS) is 31.3. The first kappa shape index (κ1) is 20.2. The maximum atomic E-state index is 13.5. The maximum absolute atomic E-state index is 13.5. The first-order valence-corrected chi connectivity index (χ1v) is 12.9. The highest BCUT2D eigenvalue weighted by atomic mass is 32.2. The van der Waals surface area contributed by atoms with Crippen LogP contribution in [-0.4, -0.2) is 40.1 Å². The van der Waals surface area contributed by atoms with Gasteiger partial charge in [0.1, 0.15) is 17.0 Å². The highest BCUT2D eigenvalue weighted by molar-refractivity contribution is 7.89. The topological polar surface area (TPSA) is 105 Å². The second-order valence-corrected chi connectivity index (χ2v) is 12.0. The van der Waals surface area contributed by atoms with E-state index in [0.29, 0.717) is 42.2 Å². The van der Waals surface area contributed by atoms with E-state index in [2.05, 4.69) is 20.3 Å². The van der Waals surface area contributed by atoms with Crippen LogP contribution in [0.5, 0.6) is 0 Å². The summed E-state index contributed by atoms with van der Waals surface area (Å²) in [6.45, 7) is 0.479. The van der Waals surface area contributed by atoms with E-state index < -0.39 is 10.0 Å². The molecule has 0 aromatic carbocycles. The minimum absolute atomic E-state index is 0.0999. The van der Waals surface area contributed by atoms with Crippen molar-refractivity contribution in [2.75, 3.05) is 11.9 Å². The van der Waals surface area contributed by atoms with Crippen molar-refractivity contribution in [1.29, 1.82) is 0 Å². The Kier molecular flexibility index (Phi) is 4.62. The number of carbonyl (C=O) groups excluding carboxylic acids is 1. The molecule has 0 spiro atoms. The Balaban J connectivity index is 1.23. The van der Waals surface area contributed by atoms with Crippen molar-refractivity contribution in [2.45, 2.75) is 56.4 Å². The molecular weight excluding hydrogens is 426 g/mol. The summed E-state index contributed by atoms with van der Waals surface area (Å²) in [6, 6.07) is 3.17. The standard InChI is InChI=1S/C23H27N5O3S/c29-22(23-9-15-6-16(10-23)8-17(7-15)11-23)27-21-19-3-5-28(13-20(19)25-14-26-21)32(30,31)18-2-1-4-24-12-18/h1-2,4,12,14-17H,3,5-11,13H2,(H,25,26,27,29). The molecule has 7 rings (SSSR count). The summed E-state index contributed by atoms with van der Waals surface area (Å²) in [5.74, 6) is 2.73. The second kappa shape index (κ2) is 7.31. The van der Waals surface area contributed by atoms with Gasteiger partial charge >= 0.3 is 0 Å². The van der Waals surface area contributed by atoms with Gasteiger partial charge in [0.2, 0.25) is 15.9 Å². The van der Waals surface area contributed by atoms with Crippen LogP contribution >= 0.6 is 0 Å². The first-order valence-electron chi connectivity index (χ1n) is 11.5. The number of carbonyl (C=O) groups is 1. The molecule has 4 fully saturated rings. The number of amides is 1. The van der Waals surface area contributed by atoms with E-state index in [1.807, 2.05) is 0 Å². The molecule has 5 aliphatic rings. The molecule has 2 aromatic heterocycles. The van der Waals surface area contributed by atoms with E-state index in [0.717, 1.165) is 24.8 Å². The second-order valence-electron chi connectivity index (χ2n) is 10.1. The Morgan fingerprint density at radius 2 is 1.81 bits per heavy atom. The fourth-order valence-electron chi connectivity index (χ4n) is 6.92. The predicted molar refractivity (Wildman–Crippen MR) is 117 cm³/mol. The number of anilines is 1. The number of hydrogen-bond donors (Lipinski definition) is 1. The lowest BCUT2D eigenvalue weighted by Gasteiger charge is -2.55. The van der Waals surface area contributed by atoms with E-state index in [-0.39, 0.29) is 22.8 Å². The number of rotatable bonds is 4. The molecule has 2 aromatic rings. The van der Waals surface area contributed by atoms with Gasteiger partial charge in [-0.1, -0.05) is 0 Å². The maximum Gasteiger partial charge on any atom is 0.244 e. The van der Waals surface area contributed by atoms with Gasteiger partial charge < -0.3 is 5.32 Å². The lowest BCUT2D eigenvalue weighted by Crippen LogP contribution is -2.52. The van der Waals surface area contributed by atoms with E-state index in [1.165, 1.54) is 36.1 Å². The largest absolute Gasteiger partial charge is 0.310 e. The molecule has 4 saturated carbocycles. The monoisotopic (exact) mass is 453 g/mol. The quantitative estimate of drug-likeness (QED) is 0.763. The van der Waals surface area contributed by atoms with Crippen molar-refractivity contribution in [2.24, 2.45) is 23.2 Å². The molecule has 1 aliphatic heterocycles. The summed E-state index contributed by atoms with van der Waals surface area (Å²) in [4.78, 5) is 26.3. The number of fused-ring (bicyclic) bond motifs is 1. The zero-order chi connectivity index (χ0) is 21.9. The number of aromatic nitrogens is 3. The Morgan fingerprint density at radius 3 is 2.47 bits per heavy atom. The Bertz CT molecular complexity index is 1130. The molecule has 0 saturated heterocycles. The smallest absolute Gasteiger partial charge is 0.244 e. The molecule has 0 radical (unpaired) electrons. The van der Waals surface area contributed by atoms with Crippen molar-refractivity contribution < 1.29 is 13.2 Å². The third-order valence-electron chi connectivity index (χ3n) is 8.00. The molecule has 8 nitrogen and oxygen atoms in total. The van der Waals surface area contributed by atoms with Gasteiger partial charge in [0.25, 0.3) is 0 Å². The molecule has 4 bridgehead atoms. The van der Waals surface area contributed by atoms with Gasteiger partial charge in [0.05, 0.1) is 17.7 Å². The van der Waals surface area contributed by atoms with Crippen LogP contribution in [0, 0.1) is 23.2 Å². The number of nitrogens with zero attached hydrogens (tertiary/aromatic N) is 4. The van der Waals surface area contributed by atoms with Crippen LogP contribution in [0.3, 0.4) is 0 Å². The highest BCUT2D eigenvalue weighted by Crippen LogP contribution is 2.60. The van der Waals surface area contributed by atoms with Gasteiger partial charge in [-0.25, -0.2) is 18.4 Å². The minimum atomic E-state index is -3.65. The highest BCUT2D eigenvalue weighted by Gasteiger charge is 2.54. The van der Waals surface area contributed by atoms with E-state index >= 15 is 0 Å². The van der Waals surface area contributed by atoms with Crippen LogP contribution in [0.4, 0.5) is 5.82 Å². The molecule has 3 heterocycles. The van der Waals surface area contributed by atoms with Crippen LogP contribution in [-0.2, 0) is 27.8 Å². The Morgan fingerprint density at radius 1 is 1.09 bits per heavy atom. The lowest BCUT2D eigenvalue weighted by atomic mass is 9.49. The van der Waals surface area contributed by atoms with Crippen molar-refractivity contribution >= 4 is 21.7 Å². The summed E-state index contributed by atoms with van der Waals surface area (Å²) >= 11 is 0. The summed E-state index contributed by atoms with van der Waals surface area (Å²) in [6.07, 6.45) is 11.7. The third-order valence-corrected chi connectivity index (χ3v) is 9.82. The molecule has 1 amide bonds. The predicted octanol–water partition coefficient (Wildman–Crippen LogP) is 2.77. The van der Waals surface area contributed by atoms with E-state index in [4.69, 9.17) is 0 Å². The SMILES string of the molecule is O=C(Nc1ncnc2c1CCN(S(=O)(=O)c1cccnc1)C2)C12CC3CC(CC(C3)C1)C2. The fourth-order valence-corrected chi connectivity index (χ4v) is 8.29. The van der Waals surface area contributed by atoms with Crippen molar-refractivity contribution in [3.8, 4) is 0 Å². The van der Waals surface area contributed by atoms with Gasteiger partial charge in [-0.2, -0.15) is 4.31 Å². The molecular formula is C23H27N5O3S. The van der Waals surface area contributed by atoms with Gasteiger partial charge in [-0.3, -0.25) is 9.78 Å². The number of sulfonamides is 1. The van der Waals surface area contributed by atoms with E-state index in [9.17, 15) is 13.2 Å². The van der Waals surface area contributed by atoms with Crippen LogP contribution in [0.1, 0.15) is 49.8 Å². The summed E-state index contributed by atoms with van der Waals surface area (Å²) < 4.78 is 27.4. The molecule has 32 heavy (non-hydrogen) atoms. The van der Waals surface area contributed by atoms with Crippen LogP contribution < -0.4 is 5.32 Å². The lowest BCUT2D eigenvalue weighted by molar-refractivity contribution is -0.140. The van der Waals surface area contributed by atoms with Crippen molar-refractivity contribution in [3.05, 3.63) is 42.1 Å². The number of pyridine rings is 1. The molecule has 1 N–H and O–H groups in total. The van der Waals surface area contributed by atoms with Gasteiger partial charge in [0, 0.05) is 24.5 Å². The molecule has 0 atom stereocenters. The zero-order valence-corrected chi connectivity index (χ0v) is 18.7. The van der Waals surface area contributed by atoms with Gasteiger partial charge in [-0.15, -0.1) is 0 Å². The van der Waals surface area contributed by atoms with Gasteiger partial charge in [0.15, 0.2) is 0 Å². The molecule has 0 unspecified atom stereocenters. The number of nitrogens with one attached hydrogen (secondary N) is 1. The van der Waals surface area contributed by atoms with Crippen LogP contribution in [0.15, 0.2) is 35.7 Å². The minimum Gasteiger partial charge on any atom is -0.310 e. The molecule has 9 heteroatoms. The third kappa shape index (κ3) is 3.25. The van der Waals surface area contributed by atoms with Crippen molar-refractivity contribution in [1.82, 2.24) is 19.3 Å². The first-order chi connectivity index (χ1) is 15.4. The average Bonchev–Trinajstić information content (AvgIpc) is 2.78. The number of hydrogen-bond acceptors (Lipinski definition) is 6. The summed E-state index contributed by atoms with van der Waals surface area (Å²) in [5.41, 5.74) is 1.25. The van der Waals surface area contributed by atoms with Gasteiger partial charge in [-0.05, 0) is 74.8 Å². The van der Waals surface area contributed by atoms with Crippen molar-refractivity contribution in [3.63, 3.8) is 0 Å². The van der Waals surface area contributed by atoms with E-state index in [1.54, 1.807) is 18.3 Å². The Hall–Kier alpha value is -2.39. The molecule has 168 valence electrons. The summed E-state index contributed by atoms with van der Waals surface area (Å²) in [7, 11) is -3.65. The summed E-state index contributed by atoms with van der Waals surface area (Å²) in [5, 5.41) is 3.14. The molecule has 4 aliphatic carbocycles. The van der Waals surface area contributed by atoms with Crippen LogP contribution in [0.2, 0.25) is 0 Å².